The molecule has 15 heavy (non-hydrogen) atoms. The zero-order chi connectivity index (χ0) is 11.1. The number of hydrogen-bond acceptors (Lipinski definition) is 3. The van der Waals surface area contributed by atoms with Crippen LogP contribution in [-0.2, 0) is 11.2 Å². The summed E-state index contributed by atoms with van der Waals surface area (Å²) in [6.07, 6.45) is 1.36. The fraction of sp³-hybridized carbons (Fsp3) is 0.417. The molecule has 0 unspecified atom stereocenters. The minimum atomic E-state index is -0.286. The van der Waals surface area contributed by atoms with Gasteiger partial charge in [-0.15, -0.1) is 0 Å². The van der Waals surface area contributed by atoms with E-state index in [4.69, 9.17) is 9.84 Å². The third-order valence-corrected chi connectivity index (χ3v) is 2.12. The molecule has 82 valence electrons. The summed E-state index contributed by atoms with van der Waals surface area (Å²) in [6, 6.07) is 7.34. The predicted octanol–water partition coefficient (Wildman–Crippen LogP) is 1.79. The Kier molecular flexibility index (Phi) is 4.84. The van der Waals surface area contributed by atoms with Gasteiger partial charge in [0, 0.05) is 6.61 Å². The Balaban J connectivity index is 2.80. The van der Waals surface area contributed by atoms with Gasteiger partial charge in [-0.25, -0.2) is 4.79 Å². The molecule has 0 aliphatic heterocycles. The van der Waals surface area contributed by atoms with Gasteiger partial charge in [-0.05, 0) is 31.4 Å². The maximum atomic E-state index is 11.5. The second-order valence-corrected chi connectivity index (χ2v) is 3.20. The van der Waals surface area contributed by atoms with Crippen molar-refractivity contribution in [1.29, 1.82) is 0 Å². The molecular formula is C12H16O3. The van der Waals surface area contributed by atoms with Crippen LogP contribution in [-0.4, -0.2) is 24.3 Å². The molecule has 0 heterocycles. The standard InChI is InChI=1S/C12H16O3/c1-2-15-12(14)11-8-4-3-6-10(11)7-5-9-13/h3-4,6,8,13H,2,5,7,9H2,1H3. The van der Waals surface area contributed by atoms with Gasteiger partial charge in [0.05, 0.1) is 12.2 Å². The van der Waals surface area contributed by atoms with Gasteiger partial charge in [0.15, 0.2) is 0 Å². The highest BCUT2D eigenvalue weighted by Gasteiger charge is 2.10. The molecule has 0 saturated carbocycles. The number of aryl methyl sites for hydroxylation is 1. The molecule has 1 rings (SSSR count). The second-order valence-electron chi connectivity index (χ2n) is 3.20. The first-order valence-corrected chi connectivity index (χ1v) is 5.15. The highest BCUT2D eigenvalue weighted by atomic mass is 16.5. The lowest BCUT2D eigenvalue weighted by Gasteiger charge is -2.07. The average molecular weight is 208 g/mol. The number of hydrogen-bond donors (Lipinski definition) is 1. The van der Waals surface area contributed by atoms with E-state index < -0.39 is 0 Å². The second kappa shape index (κ2) is 6.19. The smallest absolute Gasteiger partial charge is 0.338 e. The Morgan fingerprint density at radius 2 is 2.13 bits per heavy atom. The Labute approximate surface area is 89.7 Å². The fourth-order valence-electron chi connectivity index (χ4n) is 1.42. The molecule has 0 radical (unpaired) electrons. The maximum Gasteiger partial charge on any atom is 0.338 e. The molecule has 0 aromatic heterocycles. The molecule has 0 saturated heterocycles. The Morgan fingerprint density at radius 1 is 1.40 bits per heavy atom. The zero-order valence-corrected chi connectivity index (χ0v) is 8.90. The number of rotatable bonds is 5. The summed E-state index contributed by atoms with van der Waals surface area (Å²) in [7, 11) is 0. The van der Waals surface area contributed by atoms with Gasteiger partial charge in [0.25, 0.3) is 0 Å². The molecule has 0 bridgehead atoms. The van der Waals surface area contributed by atoms with Crippen molar-refractivity contribution in [2.45, 2.75) is 19.8 Å². The number of carbonyl (C=O) groups excluding carboxylic acids is 1. The van der Waals surface area contributed by atoms with Crippen LogP contribution >= 0.6 is 0 Å². The summed E-state index contributed by atoms with van der Waals surface area (Å²) in [5.41, 5.74) is 1.54. The van der Waals surface area contributed by atoms with Crippen molar-refractivity contribution in [1.82, 2.24) is 0 Å². The van der Waals surface area contributed by atoms with Crippen LogP contribution in [0.2, 0.25) is 0 Å². The predicted molar refractivity (Wildman–Crippen MR) is 57.8 cm³/mol. The quantitative estimate of drug-likeness (QED) is 0.750. The summed E-state index contributed by atoms with van der Waals surface area (Å²) < 4.78 is 4.95. The highest BCUT2D eigenvalue weighted by Crippen LogP contribution is 2.12. The van der Waals surface area contributed by atoms with Crippen LogP contribution in [0.15, 0.2) is 24.3 Å². The molecule has 1 aromatic carbocycles. The Bertz CT molecular complexity index is 320. The van der Waals surface area contributed by atoms with E-state index in [0.29, 0.717) is 25.0 Å². The van der Waals surface area contributed by atoms with Gasteiger partial charge < -0.3 is 9.84 Å². The average Bonchev–Trinajstić information content (AvgIpc) is 2.27. The number of aliphatic hydroxyl groups excluding tert-OH is 1. The van der Waals surface area contributed by atoms with Crippen molar-refractivity contribution in [3.8, 4) is 0 Å². The molecule has 3 heteroatoms. The minimum Gasteiger partial charge on any atom is -0.462 e. The molecule has 1 aromatic rings. The van der Waals surface area contributed by atoms with E-state index in [1.54, 1.807) is 13.0 Å². The molecule has 0 atom stereocenters. The van der Waals surface area contributed by atoms with E-state index in [-0.39, 0.29) is 12.6 Å². The van der Waals surface area contributed by atoms with Gasteiger partial charge >= 0.3 is 5.97 Å². The molecule has 0 amide bonds. The summed E-state index contributed by atoms with van der Waals surface area (Å²) >= 11 is 0. The number of aliphatic hydroxyl groups is 1. The topological polar surface area (TPSA) is 46.5 Å². The first kappa shape index (κ1) is 11.7. The van der Waals surface area contributed by atoms with Crippen molar-refractivity contribution in [2.75, 3.05) is 13.2 Å². The van der Waals surface area contributed by atoms with E-state index in [1.807, 2.05) is 18.2 Å². The van der Waals surface area contributed by atoms with Crippen LogP contribution in [0.4, 0.5) is 0 Å². The van der Waals surface area contributed by atoms with Gasteiger partial charge in [0.1, 0.15) is 0 Å². The van der Waals surface area contributed by atoms with Gasteiger partial charge in [-0.1, -0.05) is 18.2 Å². The molecular weight excluding hydrogens is 192 g/mol. The van der Waals surface area contributed by atoms with E-state index in [0.717, 1.165) is 5.56 Å². The first-order valence-electron chi connectivity index (χ1n) is 5.15. The van der Waals surface area contributed by atoms with Crippen LogP contribution < -0.4 is 0 Å². The number of esters is 1. The maximum absolute atomic E-state index is 11.5. The lowest BCUT2D eigenvalue weighted by atomic mass is 10.0. The summed E-state index contributed by atoms with van der Waals surface area (Å²) in [5, 5.41) is 8.74. The summed E-state index contributed by atoms with van der Waals surface area (Å²) in [5.74, 6) is -0.286. The molecule has 0 aliphatic carbocycles. The van der Waals surface area contributed by atoms with Crippen LogP contribution in [0.25, 0.3) is 0 Å². The van der Waals surface area contributed by atoms with Crippen LogP contribution in [0.1, 0.15) is 29.3 Å². The van der Waals surface area contributed by atoms with Crippen molar-refractivity contribution >= 4 is 5.97 Å². The van der Waals surface area contributed by atoms with Gasteiger partial charge in [-0.2, -0.15) is 0 Å². The highest BCUT2D eigenvalue weighted by molar-refractivity contribution is 5.91. The third-order valence-electron chi connectivity index (χ3n) is 2.12. The van der Waals surface area contributed by atoms with E-state index >= 15 is 0 Å². The molecule has 0 fully saturated rings. The van der Waals surface area contributed by atoms with Gasteiger partial charge in [-0.3, -0.25) is 0 Å². The molecule has 3 nitrogen and oxygen atoms in total. The SMILES string of the molecule is CCOC(=O)c1ccccc1CCCO. The molecule has 0 spiro atoms. The zero-order valence-electron chi connectivity index (χ0n) is 8.90. The summed E-state index contributed by atoms with van der Waals surface area (Å²) in [4.78, 5) is 11.5. The minimum absolute atomic E-state index is 0.136. The molecule has 0 aliphatic rings. The van der Waals surface area contributed by atoms with Crippen LogP contribution in [0.5, 0.6) is 0 Å². The van der Waals surface area contributed by atoms with Crippen molar-refractivity contribution in [2.24, 2.45) is 0 Å². The van der Waals surface area contributed by atoms with E-state index in [9.17, 15) is 4.79 Å². The normalized spacial score (nSPS) is 10.0. The van der Waals surface area contributed by atoms with Crippen LogP contribution in [0, 0.1) is 0 Å². The monoisotopic (exact) mass is 208 g/mol. The largest absolute Gasteiger partial charge is 0.462 e. The van der Waals surface area contributed by atoms with Crippen LogP contribution in [0.3, 0.4) is 0 Å². The lowest BCUT2D eigenvalue weighted by molar-refractivity contribution is 0.0525. The van der Waals surface area contributed by atoms with E-state index in [2.05, 4.69) is 0 Å². The summed E-state index contributed by atoms with van der Waals surface area (Å²) in [6.45, 7) is 2.30. The Morgan fingerprint density at radius 3 is 2.80 bits per heavy atom. The third kappa shape index (κ3) is 3.36. The van der Waals surface area contributed by atoms with Gasteiger partial charge in [0.2, 0.25) is 0 Å². The number of ether oxygens (including phenoxy) is 1. The van der Waals surface area contributed by atoms with Crippen molar-refractivity contribution < 1.29 is 14.6 Å². The fourth-order valence-corrected chi connectivity index (χ4v) is 1.42. The van der Waals surface area contributed by atoms with Crippen molar-refractivity contribution in [3.63, 3.8) is 0 Å². The lowest BCUT2D eigenvalue weighted by Crippen LogP contribution is -2.08. The molecule has 1 N–H and O–H groups in total. The number of carbonyl (C=O) groups is 1. The van der Waals surface area contributed by atoms with Crippen molar-refractivity contribution in [3.05, 3.63) is 35.4 Å². The first-order chi connectivity index (χ1) is 7.29. The number of benzene rings is 1. The Hall–Kier alpha value is -1.35. The van der Waals surface area contributed by atoms with E-state index in [1.165, 1.54) is 0 Å².